The molecular formula is C15H16ClN. The average molecular weight is 246 g/mol. The first kappa shape index (κ1) is 12.2. The van der Waals surface area contributed by atoms with E-state index < -0.39 is 0 Å². The lowest BCUT2D eigenvalue weighted by Crippen LogP contribution is -2.13. The van der Waals surface area contributed by atoms with Gasteiger partial charge in [-0.1, -0.05) is 60.1 Å². The van der Waals surface area contributed by atoms with E-state index in [-0.39, 0.29) is 0 Å². The highest BCUT2D eigenvalue weighted by Crippen LogP contribution is 2.19. The molecule has 0 aromatic heterocycles. The van der Waals surface area contributed by atoms with Crippen LogP contribution in [0.3, 0.4) is 0 Å². The van der Waals surface area contributed by atoms with Gasteiger partial charge in [0.05, 0.1) is 0 Å². The Morgan fingerprint density at radius 2 is 1.71 bits per heavy atom. The Morgan fingerprint density at radius 1 is 0.941 bits per heavy atom. The summed E-state index contributed by atoms with van der Waals surface area (Å²) in [5, 5.41) is 4.27. The molecule has 0 aliphatic rings. The van der Waals surface area contributed by atoms with E-state index in [0.717, 1.165) is 29.2 Å². The number of nitrogens with one attached hydrogen (secondary N) is 1. The fourth-order valence-electron chi connectivity index (χ4n) is 1.78. The second-order valence-electron chi connectivity index (χ2n) is 4.14. The smallest absolute Gasteiger partial charge is 0.0480 e. The van der Waals surface area contributed by atoms with Gasteiger partial charge in [-0.05, 0) is 23.6 Å². The third-order valence-corrected chi connectivity index (χ3v) is 3.30. The summed E-state index contributed by atoms with van der Waals surface area (Å²) in [6.07, 6.45) is 0. The van der Waals surface area contributed by atoms with E-state index in [1.165, 1.54) is 5.56 Å². The SMILES string of the molecule is Cc1cccc(CNCc2ccccc2)c1Cl. The molecule has 0 amide bonds. The molecule has 2 aromatic rings. The van der Waals surface area contributed by atoms with Gasteiger partial charge >= 0.3 is 0 Å². The Bertz CT molecular complexity index is 480. The first-order valence-corrected chi connectivity index (χ1v) is 6.14. The van der Waals surface area contributed by atoms with Gasteiger partial charge in [-0.2, -0.15) is 0 Å². The fraction of sp³-hybridized carbons (Fsp3) is 0.200. The van der Waals surface area contributed by atoms with Gasteiger partial charge < -0.3 is 5.32 Å². The molecule has 0 atom stereocenters. The maximum atomic E-state index is 6.23. The lowest BCUT2D eigenvalue weighted by Gasteiger charge is -2.08. The molecule has 2 heteroatoms. The minimum absolute atomic E-state index is 0.801. The zero-order valence-corrected chi connectivity index (χ0v) is 10.7. The van der Waals surface area contributed by atoms with Gasteiger partial charge in [-0.25, -0.2) is 0 Å². The van der Waals surface area contributed by atoms with Crippen LogP contribution in [0.5, 0.6) is 0 Å². The number of hydrogen-bond donors (Lipinski definition) is 1. The third-order valence-electron chi connectivity index (χ3n) is 2.76. The Kier molecular flexibility index (Phi) is 4.18. The minimum atomic E-state index is 0.801. The summed E-state index contributed by atoms with van der Waals surface area (Å²) in [4.78, 5) is 0. The van der Waals surface area contributed by atoms with Crippen molar-refractivity contribution in [2.24, 2.45) is 0 Å². The number of hydrogen-bond acceptors (Lipinski definition) is 1. The van der Waals surface area contributed by atoms with Gasteiger partial charge in [0.25, 0.3) is 0 Å². The van der Waals surface area contributed by atoms with Crippen LogP contribution < -0.4 is 5.32 Å². The van der Waals surface area contributed by atoms with E-state index in [2.05, 4.69) is 35.6 Å². The van der Waals surface area contributed by atoms with Crippen molar-refractivity contribution in [1.82, 2.24) is 5.32 Å². The molecule has 0 heterocycles. The molecule has 0 spiro atoms. The predicted octanol–water partition coefficient (Wildman–Crippen LogP) is 3.94. The van der Waals surface area contributed by atoms with Crippen molar-refractivity contribution in [3.63, 3.8) is 0 Å². The maximum Gasteiger partial charge on any atom is 0.0480 e. The van der Waals surface area contributed by atoms with Gasteiger partial charge in [-0.3, -0.25) is 0 Å². The number of benzene rings is 2. The van der Waals surface area contributed by atoms with E-state index in [1.54, 1.807) is 0 Å². The number of aryl methyl sites for hydroxylation is 1. The summed E-state index contributed by atoms with van der Waals surface area (Å²) in [6, 6.07) is 16.5. The van der Waals surface area contributed by atoms with Gasteiger partial charge in [0, 0.05) is 18.1 Å². The van der Waals surface area contributed by atoms with Crippen molar-refractivity contribution in [2.75, 3.05) is 0 Å². The van der Waals surface area contributed by atoms with Crippen LogP contribution in [0.4, 0.5) is 0 Å². The summed E-state index contributed by atoms with van der Waals surface area (Å²) in [5.74, 6) is 0. The third kappa shape index (κ3) is 3.32. The molecule has 0 bridgehead atoms. The van der Waals surface area contributed by atoms with Crippen LogP contribution in [-0.4, -0.2) is 0 Å². The molecule has 1 nitrogen and oxygen atoms in total. The predicted molar refractivity (Wildman–Crippen MR) is 73.2 cm³/mol. The van der Waals surface area contributed by atoms with Crippen molar-refractivity contribution < 1.29 is 0 Å². The fourth-order valence-corrected chi connectivity index (χ4v) is 1.97. The average Bonchev–Trinajstić information content (AvgIpc) is 2.36. The summed E-state index contributed by atoms with van der Waals surface area (Å²) in [5.41, 5.74) is 3.57. The lowest BCUT2D eigenvalue weighted by atomic mass is 10.1. The van der Waals surface area contributed by atoms with Crippen LogP contribution in [0.15, 0.2) is 48.5 Å². The van der Waals surface area contributed by atoms with Crippen LogP contribution in [0.25, 0.3) is 0 Å². The summed E-state index contributed by atoms with van der Waals surface area (Å²) < 4.78 is 0. The zero-order chi connectivity index (χ0) is 12.1. The molecule has 0 aliphatic heterocycles. The van der Waals surface area contributed by atoms with Crippen LogP contribution in [-0.2, 0) is 13.1 Å². The highest BCUT2D eigenvalue weighted by atomic mass is 35.5. The standard InChI is InChI=1S/C15H16ClN/c1-12-6-5-9-14(15(12)16)11-17-10-13-7-3-2-4-8-13/h2-9,17H,10-11H2,1H3. The second-order valence-corrected chi connectivity index (χ2v) is 4.52. The first-order chi connectivity index (χ1) is 8.27. The number of halogens is 1. The van der Waals surface area contributed by atoms with E-state index >= 15 is 0 Å². The summed E-state index contributed by atoms with van der Waals surface area (Å²) in [7, 11) is 0. The van der Waals surface area contributed by atoms with Crippen molar-refractivity contribution in [2.45, 2.75) is 20.0 Å². The van der Waals surface area contributed by atoms with E-state index in [9.17, 15) is 0 Å². The molecule has 0 radical (unpaired) electrons. The van der Waals surface area contributed by atoms with Gasteiger partial charge in [0.15, 0.2) is 0 Å². The summed E-state index contributed by atoms with van der Waals surface area (Å²) >= 11 is 6.23. The second kappa shape index (κ2) is 5.85. The molecule has 0 fully saturated rings. The van der Waals surface area contributed by atoms with E-state index in [1.807, 2.05) is 25.1 Å². The Morgan fingerprint density at radius 3 is 2.47 bits per heavy atom. The normalized spacial score (nSPS) is 10.5. The quantitative estimate of drug-likeness (QED) is 0.861. The molecule has 0 unspecified atom stereocenters. The molecule has 0 saturated heterocycles. The zero-order valence-electron chi connectivity index (χ0n) is 9.91. The highest BCUT2D eigenvalue weighted by Gasteiger charge is 2.01. The van der Waals surface area contributed by atoms with Crippen molar-refractivity contribution in [1.29, 1.82) is 0 Å². The molecule has 0 aliphatic carbocycles. The van der Waals surface area contributed by atoms with Gasteiger partial charge in [0.2, 0.25) is 0 Å². The molecule has 2 aromatic carbocycles. The number of rotatable bonds is 4. The van der Waals surface area contributed by atoms with Gasteiger partial charge in [0.1, 0.15) is 0 Å². The van der Waals surface area contributed by atoms with Crippen LogP contribution >= 0.6 is 11.6 Å². The van der Waals surface area contributed by atoms with Gasteiger partial charge in [-0.15, -0.1) is 0 Å². The highest BCUT2D eigenvalue weighted by molar-refractivity contribution is 6.32. The Balaban J connectivity index is 1.93. The Hall–Kier alpha value is -1.31. The Labute approximate surface area is 107 Å². The maximum absolute atomic E-state index is 6.23. The molecule has 88 valence electrons. The first-order valence-electron chi connectivity index (χ1n) is 5.76. The van der Waals surface area contributed by atoms with Crippen molar-refractivity contribution >= 4 is 11.6 Å². The molecular weight excluding hydrogens is 230 g/mol. The summed E-state index contributed by atoms with van der Waals surface area (Å²) in [6.45, 7) is 3.70. The van der Waals surface area contributed by atoms with Crippen LogP contribution in [0.2, 0.25) is 5.02 Å². The monoisotopic (exact) mass is 245 g/mol. The molecule has 2 rings (SSSR count). The van der Waals surface area contributed by atoms with Crippen LogP contribution in [0, 0.1) is 6.92 Å². The van der Waals surface area contributed by atoms with Crippen molar-refractivity contribution in [3.8, 4) is 0 Å². The van der Waals surface area contributed by atoms with E-state index in [4.69, 9.17) is 11.6 Å². The molecule has 1 N–H and O–H groups in total. The molecule has 17 heavy (non-hydrogen) atoms. The van der Waals surface area contributed by atoms with Crippen molar-refractivity contribution in [3.05, 3.63) is 70.2 Å². The minimum Gasteiger partial charge on any atom is -0.309 e. The largest absolute Gasteiger partial charge is 0.309 e. The molecule has 0 saturated carbocycles. The van der Waals surface area contributed by atoms with Crippen LogP contribution in [0.1, 0.15) is 16.7 Å². The topological polar surface area (TPSA) is 12.0 Å². The van der Waals surface area contributed by atoms with E-state index in [0.29, 0.717) is 0 Å². The lowest BCUT2D eigenvalue weighted by molar-refractivity contribution is 0.693.